The second-order valence-electron chi connectivity index (χ2n) is 0.648. The summed E-state index contributed by atoms with van der Waals surface area (Å²) in [6.45, 7) is -0.656. The number of nitrogens with two attached hydrogens (primary N) is 1. The molecule has 0 aromatic rings. The zero-order valence-electron chi connectivity index (χ0n) is 3.55. The molecule has 0 radical (unpaired) electrons. The zero-order valence-corrected chi connectivity index (χ0v) is 6.01. The summed E-state index contributed by atoms with van der Waals surface area (Å²) < 4.78 is 0. The molecular weight excluding hydrogens is 177 g/mol. The third-order valence-electron chi connectivity index (χ3n) is 0.261. The van der Waals surface area contributed by atoms with Gasteiger partial charge in [-0.1, -0.05) is 0 Å². The predicted molar refractivity (Wildman–Crippen MR) is 17.4 cm³/mol. The van der Waals surface area contributed by atoms with Crippen LogP contribution in [0.3, 0.4) is 0 Å². The van der Waals surface area contributed by atoms with Crippen molar-refractivity contribution in [2.24, 2.45) is 5.90 Å². The van der Waals surface area contributed by atoms with Gasteiger partial charge in [0.2, 0.25) is 0 Å². The van der Waals surface area contributed by atoms with Crippen molar-refractivity contribution in [1.29, 1.82) is 0 Å². The van der Waals surface area contributed by atoms with E-state index in [9.17, 15) is 4.79 Å². The van der Waals surface area contributed by atoms with E-state index in [0.717, 1.165) is 0 Å². The first-order valence-electron chi connectivity index (χ1n) is 1.31. The molecule has 0 unspecified atom stereocenters. The Morgan fingerprint density at radius 3 is 2.29 bits per heavy atom. The molecule has 0 saturated carbocycles. The normalized spacial score (nSPS) is 6.57. The Morgan fingerprint density at radius 2 is 2.29 bits per heavy atom. The van der Waals surface area contributed by atoms with Crippen molar-refractivity contribution in [3.8, 4) is 0 Å². The van der Waals surface area contributed by atoms with Gasteiger partial charge in [0.15, 0.2) is 0 Å². The SMILES string of the molecule is NOC(=O)CO.[Zr]. The van der Waals surface area contributed by atoms with Crippen LogP contribution in [0.25, 0.3) is 0 Å². The Kier molecular flexibility index (Phi) is 9.22. The maximum Gasteiger partial charge on any atom is 0.350 e. The van der Waals surface area contributed by atoms with Crippen molar-refractivity contribution in [2.75, 3.05) is 6.61 Å². The maximum absolute atomic E-state index is 9.58. The van der Waals surface area contributed by atoms with Crippen LogP contribution in [0.2, 0.25) is 0 Å². The van der Waals surface area contributed by atoms with Gasteiger partial charge in [0.25, 0.3) is 0 Å². The summed E-state index contributed by atoms with van der Waals surface area (Å²) in [6, 6.07) is 0. The summed E-state index contributed by atoms with van der Waals surface area (Å²) >= 11 is 0. The number of hydrogen-bond acceptors (Lipinski definition) is 4. The molecule has 0 fully saturated rings. The Balaban J connectivity index is 0. The van der Waals surface area contributed by atoms with E-state index in [1.807, 2.05) is 0 Å². The van der Waals surface area contributed by atoms with Crippen LogP contribution in [0, 0.1) is 0 Å². The van der Waals surface area contributed by atoms with Gasteiger partial charge in [-0.15, -0.1) is 0 Å². The summed E-state index contributed by atoms with van der Waals surface area (Å²) in [5.41, 5.74) is 0. The molecule has 0 spiro atoms. The van der Waals surface area contributed by atoms with Crippen LogP contribution in [-0.4, -0.2) is 17.7 Å². The number of rotatable bonds is 1. The van der Waals surface area contributed by atoms with E-state index in [4.69, 9.17) is 5.11 Å². The molecule has 0 atom stereocenters. The first-order chi connectivity index (χ1) is 2.81. The first-order valence-corrected chi connectivity index (χ1v) is 1.31. The minimum Gasteiger partial charge on any atom is -0.385 e. The van der Waals surface area contributed by atoms with E-state index in [1.165, 1.54) is 0 Å². The van der Waals surface area contributed by atoms with Crippen LogP contribution in [0.5, 0.6) is 0 Å². The molecule has 4 nitrogen and oxygen atoms in total. The number of carbonyl (C=O) groups is 1. The average molecular weight is 182 g/mol. The molecule has 0 heterocycles. The van der Waals surface area contributed by atoms with Crippen LogP contribution >= 0.6 is 0 Å². The van der Waals surface area contributed by atoms with E-state index >= 15 is 0 Å². The molecular formula is C2H5NO3Zr. The molecule has 3 N–H and O–H groups in total. The Morgan fingerprint density at radius 1 is 1.86 bits per heavy atom. The minimum atomic E-state index is -0.824. The maximum atomic E-state index is 9.58. The van der Waals surface area contributed by atoms with Crippen molar-refractivity contribution in [3.05, 3.63) is 0 Å². The zero-order chi connectivity index (χ0) is 4.99. The Hall–Kier alpha value is 0.273. The van der Waals surface area contributed by atoms with Gasteiger partial charge in [-0.25, -0.2) is 4.79 Å². The molecule has 0 aromatic heterocycles. The molecule has 5 heteroatoms. The topological polar surface area (TPSA) is 72.5 Å². The number of aliphatic hydroxyl groups excluding tert-OH is 1. The molecule has 0 aliphatic carbocycles. The monoisotopic (exact) mass is 181 g/mol. The largest absolute Gasteiger partial charge is 0.385 e. The fraction of sp³-hybridized carbons (Fsp3) is 0.500. The van der Waals surface area contributed by atoms with Gasteiger partial charge in [-0.3, -0.25) is 0 Å². The van der Waals surface area contributed by atoms with Crippen molar-refractivity contribution in [3.63, 3.8) is 0 Å². The van der Waals surface area contributed by atoms with E-state index in [2.05, 4.69) is 10.7 Å². The summed E-state index contributed by atoms with van der Waals surface area (Å²) in [6.07, 6.45) is 0. The van der Waals surface area contributed by atoms with Gasteiger partial charge in [-0.05, 0) is 0 Å². The van der Waals surface area contributed by atoms with Crippen LogP contribution < -0.4 is 5.90 Å². The molecule has 0 aromatic carbocycles. The van der Waals surface area contributed by atoms with Gasteiger partial charge >= 0.3 is 5.97 Å². The third kappa shape index (κ3) is 6.27. The molecule has 40 valence electrons. The van der Waals surface area contributed by atoms with Gasteiger partial charge in [0, 0.05) is 26.2 Å². The van der Waals surface area contributed by atoms with E-state index < -0.39 is 12.6 Å². The Bertz CT molecular complexity index is 50.9. The Labute approximate surface area is 59.7 Å². The summed E-state index contributed by atoms with van der Waals surface area (Å²) in [5, 5.41) is 7.78. The molecule has 0 saturated heterocycles. The van der Waals surface area contributed by atoms with Crippen LogP contribution in [-0.2, 0) is 35.8 Å². The van der Waals surface area contributed by atoms with E-state index in [-0.39, 0.29) is 26.2 Å². The molecule has 0 aliphatic rings. The molecule has 7 heavy (non-hydrogen) atoms. The van der Waals surface area contributed by atoms with Crippen LogP contribution in [0.15, 0.2) is 0 Å². The fourth-order valence-corrected chi connectivity index (χ4v) is 0.0373. The fourth-order valence-electron chi connectivity index (χ4n) is 0.0373. The van der Waals surface area contributed by atoms with E-state index in [1.54, 1.807) is 0 Å². The predicted octanol–water partition coefficient (Wildman–Crippen LogP) is -1.61. The van der Waals surface area contributed by atoms with Crippen LogP contribution in [0.1, 0.15) is 0 Å². The molecule has 0 rings (SSSR count). The minimum absolute atomic E-state index is 0. The van der Waals surface area contributed by atoms with Gasteiger partial charge < -0.3 is 9.94 Å². The van der Waals surface area contributed by atoms with Gasteiger partial charge in [-0.2, -0.15) is 5.90 Å². The van der Waals surface area contributed by atoms with Gasteiger partial charge in [0.05, 0.1) is 0 Å². The van der Waals surface area contributed by atoms with Crippen molar-refractivity contribution in [1.82, 2.24) is 0 Å². The molecule has 0 amide bonds. The molecule has 0 bridgehead atoms. The summed E-state index contributed by atoms with van der Waals surface area (Å²) in [4.78, 5) is 13.1. The van der Waals surface area contributed by atoms with Gasteiger partial charge in [0.1, 0.15) is 6.61 Å². The number of aliphatic hydroxyl groups is 1. The first kappa shape index (κ1) is 10.3. The van der Waals surface area contributed by atoms with Crippen LogP contribution in [0.4, 0.5) is 0 Å². The second-order valence-corrected chi connectivity index (χ2v) is 0.648. The average Bonchev–Trinajstić information content (AvgIpc) is 1.65. The smallest absolute Gasteiger partial charge is 0.350 e. The standard InChI is InChI=1S/C2H5NO3.Zr/c3-6-2(5)1-4;/h4H,1,3H2;. The summed E-state index contributed by atoms with van der Waals surface area (Å²) in [5.74, 6) is 3.45. The van der Waals surface area contributed by atoms with Crippen molar-refractivity contribution in [2.45, 2.75) is 0 Å². The number of carbonyl (C=O) groups excluding carboxylic acids is 1. The van der Waals surface area contributed by atoms with E-state index in [0.29, 0.717) is 0 Å². The number of hydrogen-bond donors (Lipinski definition) is 2. The molecule has 0 aliphatic heterocycles. The van der Waals surface area contributed by atoms with Crippen molar-refractivity contribution < 1.29 is 40.9 Å². The quantitative estimate of drug-likeness (QED) is 0.479. The second kappa shape index (κ2) is 6.27. The third-order valence-corrected chi connectivity index (χ3v) is 0.261. The van der Waals surface area contributed by atoms with Crippen molar-refractivity contribution >= 4 is 5.97 Å². The summed E-state index contributed by atoms with van der Waals surface area (Å²) in [7, 11) is 0.